The van der Waals surface area contributed by atoms with Crippen LogP contribution in [0.1, 0.15) is 39.0 Å². The Morgan fingerprint density at radius 3 is 2.53 bits per heavy atom. The monoisotopic (exact) mass is 267 g/mol. The van der Waals surface area contributed by atoms with Crippen molar-refractivity contribution >= 4 is 5.91 Å². The molecule has 2 aliphatic heterocycles. The first-order valence-corrected chi connectivity index (χ1v) is 8.01. The van der Waals surface area contributed by atoms with Crippen LogP contribution in [0.3, 0.4) is 0 Å². The van der Waals surface area contributed by atoms with E-state index in [1.165, 1.54) is 19.3 Å². The standard InChI is InChI=1S/C15H29N3O/c1-2-7-17-12-13-5-10-18(11-6-13)15(19)14-3-8-16-9-4-14/h13-14,16-17H,2-12H2,1H3. The minimum atomic E-state index is 0.288. The second kappa shape index (κ2) is 7.85. The van der Waals surface area contributed by atoms with E-state index < -0.39 is 0 Å². The number of likely N-dealkylation sites (tertiary alicyclic amines) is 1. The Hall–Kier alpha value is -0.610. The van der Waals surface area contributed by atoms with Crippen molar-refractivity contribution in [1.82, 2.24) is 15.5 Å². The first kappa shape index (κ1) is 14.8. The van der Waals surface area contributed by atoms with Gasteiger partial charge in [-0.3, -0.25) is 4.79 Å². The Balaban J connectivity index is 1.68. The van der Waals surface area contributed by atoms with Crippen LogP contribution in [0, 0.1) is 11.8 Å². The van der Waals surface area contributed by atoms with Crippen molar-refractivity contribution in [1.29, 1.82) is 0 Å². The molecule has 0 unspecified atom stereocenters. The summed E-state index contributed by atoms with van der Waals surface area (Å²) in [7, 11) is 0. The highest BCUT2D eigenvalue weighted by Gasteiger charge is 2.28. The maximum atomic E-state index is 12.4. The molecule has 110 valence electrons. The van der Waals surface area contributed by atoms with E-state index in [0.717, 1.165) is 58.0 Å². The Kier molecular flexibility index (Phi) is 6.11. The molecule has 2 N–H and O–H groups in total. The van der Waals surface area contributed by atoms with Gasteiger partial charge in [-0.2, -0.15) is 0 Å². The number of rotatable bonds is 5. The summed E-state index contributed by atoms with van der Waals surface area (Å²) >= 11 is 0. The van der Waals surface area contributed by atoms with Crippen molar-refractivity contribution in [3.05, 3.63) is 0 Å². The summed E-state index contributed by atoms with van der Waals surface area (Å²) < 4.78 is 0. The first-order valence-electron chi connectivity index (χ1n) is 8.01. The van der Waals surface area contributed by atoms with E-state index >= 15 is 0 Å². The Bertz CT molecular complexity index is 269. The number of nitrogens with zero attached hydrogens (tertiary/aromatic N) is 1. The van der Waals surface area contributed by atoms with Crippen molar-refractivity contribution < 1.29 is 4.79 Å². The van der Waals surface area contributed by atoms with E-state index in [9.17, 15) is 4.79 Å². The van der Waals surface area contributed by atoms with Gasteiger partial charge in [0.2, 0.25) is 5.91 Å². The van der Waals surface area contributed by atoms with Crippen LogP contribution in [0.25, 0.3) is 0 Å². The smallest absolute Gasteiger partial charge is 0.225 e. The fraction of sp³-hybridized carbons (Fsp3) is 0.933. The van der Waals surface area contributed by atoms with Crippen molar-refractivity contribution in [2.24, 2.45) is 11.8 Å². The molecular weight excluding hydrogens is 238 g/mol. The summed E-state index contributed by atoms with van der Waals surface area (Å²) in [6.45, 7) is 8.41. The number of piperidine rings is 2. The molecule has 2 saturated heterocycles. The minimum absolute atomic E-state index is 0.288. The zero-order valence-electron chi connectivity index (χ0n) is 12.3. The molecule has 2 heterocycles. The molecule has 4 nitrogen and oxygen atoms in total. The molecule has 2 fully saturated rings. The summed E-state index contributed by atoms with van der Waals surface area (Å²) in [5.74, 6) is 1.47. The van der Waals surface area contributed by atoms with Gasteiger partial charge in [0.25, 0.3) is 0 Å². The molecule has 0 atom stereocenters. The summed E-state index contributed by atoms with van der Waals surface area (Å²) in [5.41, 5.74) is 0. The predicted octanol–water partition coefficient (Wildman–Crippen LogP) is 1.22. The summed E-state index contributed by atoms with van der Waals surface area (Å²) in [6, 6.07) is 0. The number of carbonyl (C=O) groups excluding carboxylic acids is 1. The van der Waals surface area contributed by atoms with Crippen LogP contribution < -0.4 is 10.6 Å². The third-order valence-corrected chi connectivity index (χ3v) is 4.47. The largest absolute Gasteiger partial charge is 0.342 e. The van der Waals surface area contributed by atoms with E-state index in [-0.39, 0.29) is 5.92 Å². The fourth-order valence-electron chi connectivity index (χ4n) is 3.17. The molecule has 0 aromatic heterocycles. The van der Waals surface area contributed by atoms with Crippen molar-refractivity contribution in [3.8, 4) is 0 Å². The average molecular weight is 267 g/mol. The lowest BCUT2D eigenvalue weighted by Gasteiger charge is -2.35. The van der Waals surface area contributed by atoms with Gasteiger partial charge in [0.15, 0.2) is 0 Å². The lowest BCUT2D eigenvalue weighted by Crippen LogP contribution is -2.45. The van der Waals surface area contributed by atoms with E-state index in [0.29, 0.717) is 5.91 Å². The quantitative estimate of drug-likeness (QED) is 0.736. The lowest BCUT2D eigenvalue weighted by atomic mass is 9.92. The number of hydrogen-bond acceptors (Lipinski definition) is 3. The highest BCUT2D eigenvalue weighted by molar-refractivity contribution is 5.79. The zero-order valence-corrected chi connectivity index (χ0v) is 12.3. The van der Waals surface area contributed by atoms with Crippen LogP contribution in [0.15, 0.2) is 0 Å². The highest BCUT2D eigenvalue weighted by Crippen LogP contribution is 2.21. The van der Waals surface area contributed by atoms with Crippen LogP contribution in [0.4, 0.5) is 0 Å². The highest BCUT2D eigenvalue weighted by atomic mass is 16.2. The van der Waals surface area contributed by atoms with Gasteiger partial charge in [-0.1, -0.05) is 6.92 Å². The SMILES string of the molecule is CCCNCC1CCN(C(=O)C2CCNCC2)CC1. The van der Waals surface area contributed by atoms with Gasteiger partial charge < -0.3 is 15.5 Å². The molecule has 0 radical (unpaired) electrons. The third-order valence-electron chi connectivity index (χ3n) is 4.47. The Morgan fingerprint density at radius 1 is 1.21 bits per heavy atom. The molecule has 1 amide bonds. The average Bonchev–Trinajstić information content (AvgIpc) is 2.48. The number of carbonyl (C=O) groups is 1. The van der Waals surface area contributed by atoms with Gasteiger partial charge in [-0.05, 0) is 64.2 Å². The molecule has 19 heavy (non-hydrogen) atoms. The normalized spacial score (nSPS) is 22.7. The Morgan fingerprint density at radius 2 is 1.89 bits per heavy atom. The van der Waals surface area contributed by atoms with E-state index in [2.05, 4.69) is 22.5 Å². The molecule has 0 aromatic rings. The number of nitrogens with one attached hydrogen (secondary N) is 2. The summed E-state index contributed by atoms with van der Waals surface area (Å²) in [5, 5.41) is 6.83. The first-order chi connectivity index (χ1) is 9.31. The van der Waals surface area contributed by atoms with Crippen LogP contribution >= 0.6 is 0 Å². The third kappa shape index (κ3) is 4.46. The molecule has 0 aromatic carbocycles. The van der Waals surface area contributed by atoms with Crippen molar-refractivity contribution in [2.45, 2.75) is 39.0 Å². The van der Waals surface area contributed by atoms with Crippen LogP contribution in [-0.4, -0.2) is 50.1 Å². The van der Waals surface area contributed by atoms with Gasteiger partial charge in [0, 0.05) is 19.0 Å². The molecule has 0 aliphatic carbocycles. The van der Waals surface area contributed by atoms with E-state index in [4.69, 9.17) is 0 Å². The minimum Gasteiger partial charge on any atom is -0.342 e. The summed E-state index contributed by atoms with van der Waals surface area (Å²) in [6.07, 6.45) is 5.60. The van der Waals surface area contributed by atoms with Gasteiger partial charge in [0.05, 0.1) is 0 Å². The molecule has 0 bridgehead atoms. The topological polar surface area (TPSA) is 44.4 Å². The van der Waals surface area contributed by atoms with Crippen molar-refractivity contribution in [3.63, 3.8) is 0 Å². The predicted molar refractivity (Wildman–Crippen MR) is 78.1 cm³/mol. The molecule has 0 spiro atoms. The maximum absolute atomic E-state index is 12.4. The molecule has 2 rings (SSSR count). The second-order valence-corrected chi connectivity index (χ2v) is 6.00. The fourth-order valence-corrected chi connectivity index (χ4v) is 3.17. The molecule has 2 aliphatic rings. The summed E-state index contributed by atoms with van der Waals surface area (Å²) in [4.78, 5) is 14.5. The molecule has 4 heteroatoms. The molecular formula is C15H29N3O. The van der Waals surface area contributed by atoms with Gasteiger partial charge in [-0.25, -0.2) is 0 Å². The van der Waals surface area contributed by atoms with Gasteiger partial charge in [0.1, 0.15) is 0 Å². The maximum Gasteiger partial charge on any atom is 0.225 e. The van der Waals surface area contributed by atoms with Crippen LogP contribution in [-0.2, 0) is 4.79 Å². The number of hydrogen-bond donors (Lipinski definition) is 2. The van der Waals surface area contributed by atoms with Gasteiger partial charge >= 0.3 is 0 Å². The number of amides is 1. The second-order valence-electron chi connectivity index (χ2n) is 6.00. The zero-order chi connectivity index (χ0) is 13.5. The van der Waals surface area contributed by atoms with E-state index in [1.54, 1.807) is 0 Å². The lowest BCUT2D eigenvalue weighted by molar-refractivity contribution is -0.137. The van der Waals surface area contributed by atoms with Crippen LogP contribution in [0.5, 0.6) is 0 Å². The Labute approximate surface area is 117 Å². The van der Waals surface area contributed by atoms with E-state index in [1.807, 2.05) is 0 Å². The van der Waals surface area contributed by atoms with Crippen LogP contribution in [0.2, 0.25) is 0 Å². The van der Waals surface area contributed by atoms with Crippen molar-refractivity contribution in [2.75, 3.05) is 39.3 Å². The van der Waals surface area contributed by atoms with Gasteiger partial charge in [-0.15, -0.1) is 0 Å². The molecule has 0 saturated carbocycles.